The fraction of sp³-hybridized carbons (Fsp3) is 0.529. The third kappa shape index (κ3) is 3.91. The van der Waals surface area contributed by atoms with Gasteiger partial charge in [0.2, 0.25) is 5.89 Å². The lowest BCUT2D eigenvalue weighted by atomic mass is 9.95. The van der Waals surface area contributed by atoms with Crippen LogP contribution in [0.4, 0.5) is 0 Å². The Bertz CT molecular complexity index is 644. The highest BCUT2D eigenvalue weighted by molar-refractivity contribution is 6.30. The van der Waals surface area contributed by atoms with Gasteiger partial charge in [0.25, 0.3) is 0 Å². The Hall–Kier alpha value is -1.43. The minimum absolute atomic E-state index is 0.0172. The van der Waals surface area contributed by atoms with Crippen molar-refractivity contribution in [3.63, 3.8) is 0 Å². The summed E-state index contributed by atoms with van der Waals surface area (Å²) in [5.74, 6) is 1.62. The third-order valence-electron chi connectivity index (χ3n) is 4.61. The minimum atomic E-state index is -0.289. The summed E-state index contributed by atoms with van der Waals surface area (Å²) in [5.41, 5.74) is 1.09. The van der Waals surface area contributed by atoms with Gasteiger partial charge in [-0.2, -0.15) is 4.98 Å². The Morgan fingerprint density at radius 1 is 1.39 bits per heavy atom. The van der Waals surface area contributed by atoms with Crippen molar-refractivity contribution in [2.45, 2.75) is 38.8 Å². The van der Waals surface area contributed by atoms with Crippen LogP contribution in [0.1, 0.15) is 43.6 Å². The fourth-order valence-electron chi connectivity index (χ4n) is 2.88. The van der Waals surface area contributed by atoms with Gasteiger partial charge in [-0.25, -0.2) is 0 Å². The molecule has 0 aliphatic carbocycles. The Labute approximate surface area is 141 Å². The molecule has 3 atom stereocenters. The number of piperidine rings is 1. The molecule has 0 radical (unpaired) electrons. The van der Waals surface area contributed by atoms with Gasteiger partial charge < -0.3 is 9.63 Å². The van der Waals surface area contributed by atoms with Crippen LogP contribution in [0, 0.1) is 5.92 Å². The number of rotatable bonds is 4. The van der Waals surface area contributed by atoms with Crippen LogP contribution in [0.5, 0.6) is 0 Å². The molecule has 23 heavy (non-hydrogen) atoms. The highest BCUT2D eigenvalue weighted by atomic mass is 35.5. The van der Waals surface area contributed by atoms with E-state index in [1.807, 2.05) is 31.2 Å². The van der Waals surface area contributed by atoms with Crippen molar-refractivity contribution in [1.29, 1.82) is 0 Å². The Balaban J connectivity index is 1.65. The second-order valence-electron chi connectivity index (χ2n) is 6.36. The summed E-state index contributed by atoms with van der Waals surface area (Å²) in [5, 5.41) is 14.8. The minimum Gasteiger partial charge on any atom is -0.392 e. The molecule has 1 N–H and O–H groups in total. The Kier molecular flexibility index (Phi) is 4.99. The zero-order valence-corrected chi connectivity index (χ0v) is 14.2. The molecular weight excluding hydrogens is 314 g/mol. The van der Waals surface area contributed by atoms with Crippen molar-refractivity contribution >= 4 is 11.6 Å². The van der Waals surface area contributed by atoms with Crippen LogP contribution in [-0.2, 0) is 6.42 Å². The smallest absolute Gasteiger partial charge is 0.243 e. The Morgan fingerprint density at radius 2 is 2.13 bits per heavy atom. The lowest BCUT2D eigenvalue weighted by Gasteiger charge is -2.36. The maximum atomic E-state index is 10.0. The zero-order chi connectivity index (χ0) is 16.4. The van der Waals surface area contributed by atoms with E-state index >= 15 is 0 Å². The van der Waals surface area contributed by atoms with Crippen LogP contribution in [0.25, 0.3) is 0 Å². The molecule has 124 valence electrons. The van der Waals surface area contributed by atoms with Crippen LogP contribution >= 0.6 is 11.6 Å². The molecule has 2 heterocycles. The predicted molar refractivity (Wildman–Crippen MR) is 88.3 cm³/mol. The summed E-state index contributed by atoms with van der Waals surface area (Å²) in [6.45, 7) is 5.72. The quantitative estimate of drug-likeness (QED) is 0.930. The van der Waals surface area contributed by atoms with E-state index in [1.165, 1.54) is 0 Å². The lowest BCUT2D eigenvalue weighted by molar-refractivity contribution is 0.00707. The van der Waals surface area contributed by atoms with E-state index in [0.29, 0.717) is 35.6 Å². The van der Waals surface area contributed by atoms with Crippen LogP contribution in [0.3, 0.4) is 0 Å². The molecule has 0 saturated carbocycles. The van der Waals surface area contributed by atoms with Gasteiger partial charge >= 0.3 is 0 Å². The van der Waals surface area contributed by atoms with Crippen LogP contribution < -0.4 is 0 Å². The van der Waals surface area contributed by atoms with Gasteiger partial charge in [-0.1, -0.05) is 35.8 Å². The van der Waals surface area contributed by atoms with E-state index in [-0.39, 0.29) is 12.1 Å². The van der Waals surface area contributed by atoms with Gasteiger partial charge in [0.15, 0.2) is 5.82 Å². The first-order valence-corrected chi connectivity index (χ1v) is 8.39. The van der Waals surface area contributed by atoms with Crippen molar-refractivity contribution in [3.8, 4) is 0 Å². The number of aliphatic hydroxyl groups excluding tert-OH is 1. The summed E-state index contributed by atoms with van der Waals surface area (Å²) in [6, 6.07) is 7.66. The molecule has 1 saturated heterocycles. The van der Waals surface area contributed by atoms with E-state index in [4.69, 9.17) is 16.1 Å². The van der Waals surface area contributed by atoms with Gasteiger partial charge in [0.05, 0.1) is 12.1 Å². The van der Waals surface area contributed by atoms with Gasteiger partial charge in [0.1, 0.15) is 0 Å². The number of aliphatic hydroxyl groups is 1. The van der Waals surface area contributed by atoms with Crippen LogP contribution in [-0.4, -0.2) is 39.3 Å². The number of benzene rings is 1. The molecule has 2 aromatic rings. The summed E-state index contributed by atoms with van der Waals surface area (Å²) in [7, 11) is 0. The SMILES string of the molecule is CC1CCN(C(C)c2nc(Cc3ccc(Cl)cc3)no2)CC1O. The molecule has 1 aliphatic rings. The average Bonchev–Trinajstić information content (AvgIpc) is 3.00. The summed E-state index contributed by atoms with van der Waals surface area (Å²) in [6.07, 6.45) is 1.31. The molecule has 1 fully saturated rings. The highest BCUT2D eigenvalue weighted by Gasteiger charge is 2.30. The Morgan fingerprint density at radius 3 is 2.83 bits per heavy atom. The standard InChI is InChI=1S/C17H22ClN3O2/c1-11-7-8-21(10-15(11)22)12(2)17-19-16(20-23-17)9-13-3-5-14(18)6-4-13/h3-6,11-12,15,22H,7-10H2,1-2H3. The van der Waals surface area contributed by atoms with Gasteiger partial charge in [-0.3, -0.25) is 4.90 Å². The van der Waals surface area contributed by atoms with Crippen LogP contribution in [0.15, 0.2) is 28.8 Å². The summed E-state index contributed by atoms with van der Waals surface area (Å²) >= 11 is 5.89. The largest absolute Gasteiger partial charge is 0.392 e. The molecule has 1 aliphatic heterocycles. The van der Waals surface area contributed by atoms with E-state index < -0.39 is 0 Å². The van der Waals surface area contributed by atoms with Crippen LogP contribution in [0.2, 0.25) is 5.02 Å². The summed E-state index contributed by atoms with van der Waals surface area (Å²) in [4.78, 5) is 6.71. The number of likely N-dealkylation sites (tertiary alicyclic amines) is 1. The fourth-order valence-corrected chi connectivity index (χ4v) is 3.00. The molecule has 0 amide bonds. The molecule has 3 rings (SSSR count). The van der Waals surface area contributed by atoms with E-state index in [1.54, 1.807) is 0 Å². The van der Waals surface area contributed by atoms with Crippen molar-refractivity contribution in [1.82, 2.24) is 15.0 Å². The van der Waals surface area contributed by atoms with E-state index in [0.717, 1.165) is 18.5 Å². The van der Waals surface area contributed by atoms with Crippen molar-refractivity contribution in [2.75, 3.05) is 13.1 Å². The topological polar surface area (TPSA) is 62.4 Å². The average molecular weight is 336 g/mol. The maximum Gasteiger partial charge on any atom is 0.243 e. The van der Waals surface area contributed by atoms with Crippen molar-refractivity contribution in [3.05, 3.63) is 46.6 Å². The van der Waals surface area contributed by atoms with Crippen molar-refractivity contribution in [2.24, 2.45) is 5.92 Å². The molecule has 5 nitrogen and oxygen atoms in total. The normalized spacial score (nSPS) is 23.8. The molecule has 1 aromatic heterocycles. The molecule has 6 heteroatoms. The number of nitrogens with zero attached hydrogens (tertiary/aromatic N) is 3. The highest BCUT2D eigenvalue weighted by Crippen LogP contribution is 2.26. The van der Waals surface area contributed by atoms with E-state index in [9.17, 15) is 5.11 Å². The maximum absolute atomic E-state index is 10.0. The monoisotopic (exact) mass is 335 g/mol. The predicted octanol–water partition coefficient (Wildman–Crippen LogP) is 3.08. The zero-order valence-electron chi connectivity index (χ0n) is 13.4. The molecule has 3 unspecified atom stereocenters. The number of aromatic nitrogens is 2. The second-order valence-corrected chi connectivity index (χ2v) is 6.79. The van der Waals surface area contributed by atoms with Gasteiger partial charge in [-0.15, -0.1) is 0 Å². The molecular formula is C17H22ClN3O2. The second kappa shape index (κ2) is 6.99. The molecule has 0 bridgehead atoms. The third-order valence-corrected chi connectivity index (χ3v) is 4.87. The summed E-state index contributed by atoms with van der Waals surface area (Å²) < 4.78 is 5.43. The first-order valence-electron chi connectivity index (χ1n) is 8.02. The lowest BCUT2D eigenvalue weighted by Crippen LogP contribution is -2.43. The number of hydrogen-bond donors (Lipinski definition) is 1. The molecule has 1 aromatic carbocycles. The first kappa shape index (κ1) is 16.4. The number of hydrogen-bond acceptors (Lipinski definition) is 5. The van der Waals surface area contributed by atoms with Gasteiger partial charge in [0, 0.05) is 18.0 Å². The van der Waals surface area contributed by atoms with E-state index in [2.05, 4.69) is 22.0 Å². The molecule has 0 spiro atoms. The van der Waals surface area contributed by atoms with Crippen molar-refractivity contribution < 1.29 is 9.63 Å². The number of β-amino-alcohol motifs (C(OH)–C–C–N with tert-alkyl or cyclic N) is 1. The van der Waals surface area contributed by atoms with Gasteiger partial charge in [-0.05, 0) is 43.5 Å². The number of halogens is 1. The first-order chi connectivity index (χ1) is 11.0.